The van der Waals surface area contributed by atoms with E-state index in [4.69, 9.17) is 4.74 Å². The maximum atomic E-state index is 14.1. The van der Waals surface area contributed by atoms with Crippen LogP contribution >= 0.6 is 0 Å². The number of anilines is 1. The predicted octanol–water partition coefficient (Wildman–Crippen LogP) is 6.58. The average molecular weight is 490 g/mol. The Kier molecular flexibility index (Phi) is 7.29. The number of rotatable bonds is 6. The van der Waals surface area contributed by atoms with Crippen molar-refractivity contribution >= 4 is 22.6 Å². The second-order valence-corrected chi connectivity index (χ2v) is 9.74. The van der Waals surface area contributed by atoms with Crippen molar-refractivity contribution in [3.8, 4) is 0 Å². The summed E-state index contributed by atoms with van der Waals surface area (Å²) >= 11 is 0. The lowest BCUT2D eigenvalue weighted by Crippen LogP contribution is -2.23. The molecule has 3 rings (SSSR count). The molecule has 0 fully saturated rings. The summed E-state index contributed by atoms with van der Waals surface area (Å²) in [6, 6.07) is 7.80. The van der Waals surface area contributed by atoms with Crippen molar-refractivity contribution < 1.29 is 22.7 Å². The maximum absolute atomic E-state index is 14.1. The van der Waals surface area contributed by atoms with Crippen LogP contribution in [0.5, 0.6) is 0 Å². The molecule has 0 amide bonds. The summed E-state index contributed by atoms with van der Waals surface area (Å²) in [5, 5.41) is 3.20. The van der Waals surface area contributed by atoms with Gasteiger partial charge in [-0.25, -0.2) is 9.78 Å². The Morgan fingerprint density at radius 3 is 2.26 bits per heavy atom. The van der Waals surface area contributed by atoms with E-state index in [-0.39, 0.29) is 22.4 Å². The van der Waals surface area contributed by atoms with Crippen molar-refractivity contribution in [1.29, 1.82) is 0 Å². The van der Waals surface area contributed by atoms with Gasteiger partial charge in [0, 0.05) is 11.6 Å². The van der Waals surface area contributed by atoms with Gasteiger partial charge in [0.2, 0.25) is 0 Å². The number of nitrogens with one attached hydrogen (secondary N) is 2. The molecule has 9 heteroatoms. The van der Waals surface area contributed by atoms with Crippen molar-refractivity contribution in [2.45, 2.75) is 71.7 Å². The van der Waals surface area contributed by atoms with E-state index in [1.165, 1.54) is 6.07 Å². The minimum Gasteiger partial charge on any atom is -0.456 e. The van der Waals surface area contributed by atoms with E-state index in [1.807, 2.05) is 0 Å². The van der Waals surface area contributed by atoms with E-state index in [1.54, 1.807) is 65.8 Å². The Morgan fingerprint density at radius 1 is 1.11 bits per heavy atom. The third-order valence-corrected chi connectivity index (χ3v) is 5.39. The Morgan fingerprint density at radius 2 is 1.74 bits per heavy atom. The van der Waals surface area contributed by atoms with Gasteiger partial charge in [-0.3, -0.25) is 4.79 Å². The maximum Gasteiger partial charge on any atom is 0.416 e. The molecule has 1 unspecified atom stereocenters. The molecule has 0 saturated heterocycles. The number of alkyl halides is 3. The van der Waals surface area contributed by atoms with E-state index in [0.717, 1.165) is 6.07 Å². The van der Waals surface area contributed by atoms with E-state index in [9.17, 15) is 22.8 Å². The van der Waals surface area contributed by atoms with Gasteiger partial charge in [-0.15, -0.1) is 0 Å². The monoisotopic (exact) mass is 489 g/mol. The Hall–Kier alpha value is -3.36. The summed E-state index contributed by atoms with van der Waals surface area (Å²) in [4.78, 5) is 31.8. The zero-order chi connectivity index (χ0) is 26.1. The molecule has 0 spiro atoms. The fraction of sp³-hybridized carbons (Fsp3) is 0.423. The van der Waals surface area contributed by atoms with Crippen molar-refractivity contribution in [2.75, 3.05) is 5.32 Å². The largest absolute Gasteiger partial charge is 0.456 e. The van der Waals surface area contributed by atoms with Crippen LogP contribution in [-0.4, -0.2) is 21.5 Å². The first-order valence-corrected chi connectivity index (χ1v) is 11.4. The second-order valence-electron chi connectivity index (χ2n) is 9.74. The number of benzene rings is 2. The number of aromatic amines is 1. The molecule has 6 nitrogen and oxygen atoms in total. The Labute approximate surface area is 201 Å². The summed E-state index contributed by atoms with van der Waals surface area (Å²) in [6.45, 7) is 10.6. The average Bonchev–Trinajstić information content (AvgIpc) is 2.75. The lowest BCUT2D eigenvalue weighted by atomic mass is 9.95. The molecule has 1 heterocycles. The molecule has 2 N–H and O–H groups in total. The second kappa shape index (κ2) is 9.71. The van der Waals surface area contributed by atoms with Gasteiger partial charge >= 0.3 is 12.1 Å². The third kappa shape index (κ3) is 6.21. The van der Waals surface area contributed by atoms with E-state index in [0.29, 0.717) is 23.5 Å². The van der Waals surface area contributed by atoms with Gasteiger partial charge in [-0.05, 0) is 69.2 Å². The number of fused-ring (bicyclic) bond motifs is 1. The van der Waals surface area contributed by atoms with Gasteiger partial charge in [0.05, 0.1) is 28.1 Å². The molecule has 1 atom stereocenters. The molecule has 188 valence electrons. The lowest BCUT2D eigenvalue weighted by molar-refractivity contribution is -0.138. The molecular formula is C26H30F3N3O3. The van der Waals surface area contributed by atoms with Crippen LogP contribution in [0.15, 0.2) is 41.2 Å². The van der Waals surface area contributed by atoms with E-state index >= 15 is 0 Å². The van der Waals surface area contributed by atoms with Crippen LogP contribution in [0, 0.1) is 0 Å². The minimum absolute atomic E-state index is 0.00471. The normalized spacial score (nSPS) is 13.2. The van der Waals surface area contributed by atoms with E-state index < -0.39 is 34.9 Å². The highest BCUT2D eigenvalue weighted by molar-refractivity contribution is 5.90. The Bertz CT molecular complexity index is 1270. The number of carbonyl (C=O) groups excluding carboxylic acids is 1. The van der Waals surface area contributed by atoms with Gasteiger partial charge in [0.1, 0.15) is 11.4 Å². The zero-order valence-corrected chi connectivity index (χ0v) is 20.6. The topological polar surface area (TPSA) is 84.1 Å². The molecule has 3 aromatic rings. The molecule has 0 aliphatic rings. The summed E-state index contributed by atoms with van der Waals surface area (Å²) in [5.41, 5.74) is -1.15. The van der Waals surface area contributed by atoms with Gasteiger partial charge in [-0.1, -0.05) is 20.8 Å². The third-order valence-electron chi connectivity index (χ3n) is 5.39. The molecule has 0 radical (unpaired) electrons. The highest BCUT2D eigenvalue weighted by atomic mass is 19.4. The van der Waals surface area contributed by atoms with Crippen molar-refractivity contribution in [3.63, 3.8) is 0 Å². The molecular weight excluding hydrogens is 459 g/mol. The first-order valence-electron chi connectivity index (χ1n) is 11.4. The van der Waals surface area contributed by atoms with Gasteiger partial charge in [0.25, 0.3) is 5.56 Å². The lowest BCUT2D eigenvalue weighted by Gasteiger charge is -2.24. The number of ether oxygens (including phenoxy) is 1. The smallest absolute Gasteiger partial charge is 0.416 e. The Balaban J connectivity index is 2.01. The number of nitrogens with zero attached hydrogens (tertiary/aromatic N) is 1. The summed E-state index contributed by atoms with van der Waals surface area (Å²) in [7, 11) is 0. The summed E-state index contributed by atoms with van der Waals surface area (Å²) in [5.74, 6) is -0.300. The number of carbonyl (C=O) groups is 1. The molecule has 1 aromatic heterocycles. The number of H-pyrrole nitrogens is 1. The van der Waals surface area contributed by atoms with Gasteiger partial charge in [-0.2, -0.15) is 13.2 Å². The van der Waals surface area contributed by atoms with Crippen LogP contribution in [0.1, 0.15) is 87.2 Å². The molecule has 0 bridgehead atoms. The number of hydrogen-bond acceptors (Lipinski definition) is 5. The first kappa shape index (κ1) is 26.2. The molecule has 0 aliphatic carbocycles. The number of aromatic nitrogens is 2. The molecule has 0 saturated carbocycles. The van der Waals surface area contributed by atoms with Crippen LogP contribution < -0.4 is 10.9 Å². The van der Waals surface area contributed by atoms with E-state index in [2.05, 4.69) is 15.3 Å². The predicted molar refractivity (Wildman–Crippen MR) is 130 cm³/mol. The number of halogens is 3. The van der Waals surface area contributed by atoms with Crippen molar-refractivity contribution in [3.05, 3.63) is 69.3 Å². The number of hydrogen-bond donors (Lipinski definition) is 2. The fourth-order valence-corrected chi connectivity index (χ4v) is 3.67. The zero-order valence-electron chi connectivity index (χ0n) is 20.6. The van der Waals surface area contributed by atoms with Crippen LogP contribution in [0.3, 0.4) is 0 Å². The highest BCUT2D eigenvalue weighted by Crippen LogP contribution is 2.38. The van der Waals surface area contributed by atoms with Crippen LogP contribution in [0.4, 0.5) is 18.9 Å². The van der Waals surface area contributed by atoms with Crippen LogP contribution in [-0.2, 0) is 10.9 Å². The molecule has 2 aromatic carbocycles. The molecule has 0 aliphatic heterocycles. The molecule has 35 heavy (non-hydrogen) atoms. The van der Waals surface area contributed by atoms with Gasteiger partial charge < -0.3 is 15.0 Å². The van der Waals surface area contributed by atoms with Gasteiger partial charge in [0.15, 0.2) is 0 Å². The minimum atomic E-state index is -4.64. The first-order chi connectivity index (χ1) is 16.2. The number of esters is 1. The van der Waals surface area contributed by atoms with Crippen LogP contribution in [0.2, 0.25) is 0 Å². The van der Waals surface area contributed by atoms with Crippen molar-refractivity contribution in [1.82, 2.24) is 9.97 Å². The highest BCUT2D eigenvalue weighted by Gasteiger charge is 2.36. The SMILES string of the molecule is CCC(Nc1ccc(C(=O)OC(C)(C)C)cc1)c1cc2c(=O)[nH]c(C(C)C)nc2cc1C(F)(F)F. The fourth-order valence-electron chi connectivity index (χ4n) is 3.67. The summed E-state index contributed by atoms with van der Waals surface area (Å²) in [6.07, 6.45) is -4.32. The summed E-state index contributed by atoms with van der Waals surface area (Å²) < 4.78 is 47.5. The van der Waals surface area contributed by atoms with Crippen molar-refractivity contribution in [2.24, 2.45) is 0 Å². The van der Waals surface area contributed by atoms with Crippen LogP contribution in [0.25, 0.3) is 10.9 Å². The quantitative estimate of drug-likeness (QED) is 0.382. The standard InChI is InChI=1S/C26H30F3N3O3/c1-7-20(30-16-10-8-15(9-11-16)24(34)35-25(4,5)6)17-12-18-21(13-19(17)26(27,28)29)31-22(14(2)3)32-23(18)33/h8-14,20,30H,7H2,1-6H3,(H,31,32,33).